The van der Waals surface area contributed by atoms with E-state index in [2.05, 4.69) is 41.1 Å². The number of carbonyl (C=O) groups is 1. The van der Waals surface area contributed by atoms with Crippen molar-refractivity contribution in [2.75, 3.05) is 5.32 Å². The molecule has 3 aromatic rings. The van der Waals surface area contributed by atoms with Crippen molar-refractivity contribution in [1.82, 2.24) is 4.57 Å². The summed E-state index contributed by atoms with van der Waals surface area (Å²) in [6, 6.07) is 17.2. The highest BCUT2D eigenvalue weighted by Gasteiger charge is 2.15. The molecular weight excluding hydrogens is 417 g/mol. The molecule has 1 N–H and O–H groups in total. The number of aromatic nitrogens is 1. The van der Waals surface area contributed by atoms with Gasteiger partial charge in [-0.1, -0.05) is 48.3 Å². The van der Waals surface area contributed by atoms with Crippen molar-refractivity contribution in [3.63, 3.8) is 0 Å². The largest absolute Gasteiger partial charge is 0.320 e. The number of hydrogen-bond donors (Lipinski definition) is 1. The van der Waals surface area contributed by atoms with Gasteiger partial charge >= 0.3 is 0 Å². The topological polar surface area (TPSA) is 57.8 Å². The van der Waals surface area contributed by atoms with Gasteiger partial charge in [-0.2, -0.15) is 5.26 Å². The van der Waals surface area contributed by atoms with E-state index in [4.69, 9.17) is 23.2 Å². The standard InChI is InChI=1S/C24H21Cl2N3O/c1-4-17-8-10-20(11-9-17)29-15(2)12-18(16(29)3)13-19(14-27)24(30)28-22-7-5-6-21(25)23(22)26/h5-13H,4H2,1-3H3,(H,28,30)/b19-13-. The van der Waals surface area contributed by atoms with E-state index in [1.807, 2.05) is 26.0 Å². The third-order valence-electron chi connectivity index (χ3n) is 4.94. The molecule has 0 radical (unpaired) electrons. The lowest BCUT2D eigenvalue weighted by Gasteiger charge is -2.10. The van der Waals surface area contributed by atoms with Crippen LogP contribution in [0.2, 0.25) is 10.0 Å². The molecule has 0 saturated heterocycles. The van der Waals surface area contributed by atoms with Crippen molar-refractivity contribution in [3.8, 4) is 11.8 Å². The van der Waals surface area contributed by atoms with Crippen LogP contribution >= 0.6 is 23.2 Å². The highest BCUT2D eigenvalue weighted by Crippen LogP contribution is 2.30. The lowest BCUT2D eigenvalue weighted by Crippen LogP contribution is -2.13. The normalized spacial score (nSPS) is 11.3. The Hall–Kier alpha value is -3.00. The number of hydrogen-bond acceptors (Lipinski definition) is 2. The first-order chi connectivity index (χ1) is 14.3. The number of amides is 1. The van der Waals surface area contributed by atoms with Crippen LogP contribution in [0.4, 0.5) is 5.69 Å². The first kappa shape index (κ1) is 21.7. The number of carbonyl (C=O) groups excluding carboxylic acids is 1. The van der Waals surface area contributed by atoms with E-state index in [1.165, 1.54) is 5.56 Å². The maximum absolute atomic E-state index is 12.6. The monoisotopic (exact) mass is 437 g/mol. The summed E-state index contributed by atoms with van der Waals surface area (Å²) in [5.74, 6) is -0.543. The summed E-state index contributed by atoms with van der Waals surface area (Å²) in [6.07, 6.45) is 2.57. The van der Waals surface area contributed by atoms with Crippen LogP contribution in [0.3, 0.4) is 0 Å². The number of anilines is 1. The molecule has 0 aliphatic rings. The number of nitriles is 1. The number of nitrogens with one attached hydrogen (secondary N) is 1. The van der Waals surface area contributed by atoms with Gasteiger partial charge in [0.1, 0.15) is 11.6 Å². The second-order valence-corrected chi connectivity index (χ2v) is 7.69. The summed E-state index contributed by atoms with van der Waals surface area (Å²) >= 11 is 12.1. The Kier molecular flexibility index (Phi) is 6.66. The van der Waals surface area contributed by atoms with Crippen molar-refractivity contribution in [1.29, 1.82) is 5.26 Å². The van der Waals surface area contributed by atoms with Gasteiger partial charge in [-0.25, -0.2) is 0 Å². The predicted octanol–water partition coefficient (Wildman–Crippen LogP) is 6.51. The molecule has 0 atom stereocenters. The Bertz CT molecular complexity index is 1170. The molecule has 1 heterocycles. The maximum Gasteiger partial charge on any atom is 0.266 e. The Balaban J connectivity index is 1.93. The molecule has 1 aromatic heterocycles. The Morgan fingerprint density at radius 3 is 2.50 bits per heavy atom. The summed E-state index contributed by atoms with van der Waals surface area (Å²) in [5, 5.41) is 12.8. The van der Waals surface area contributed by atoms with E-state index >= 15 is 0 Å². The first-order valence-electron chi connectivity index (χ1n) is 9.51. The highest BCUT2D eigenvalue weighted by molar-refractivity contribution is 6.44. The SMILES string of the molecule is CCc1ccc(-n2c(C)cc(/C=C(/C#N)C(=O)Nc3cccc(Cl)c3Cl)c2C)cc1. The molecule has 0 unspecified atom stereocenters. The lowest BCUT2D eigenvalue weighted by atomic mass is 10.1. The van der Waals surface area contributed by atoms with Crippen LogP contribution in [0.25, 0.3) is 11.8 Å². The molecule has 152 valence electrons. The fourth-order valence-electron chi connectivity index (χ4n) is 3.31. The molecule has 3 rings (SSSR count). The Morgan fingerprint density at radius 1 is 1.17 bits per heavy atom. The number of aryl methyl sites for hydroxylation is 2. The molecule has 0 bridgehead atoms. The fourth-order valence-corrected chi connectivity index (χ4v) is 3.65. The van der Waals surface area contributed by atoms with Crippen LogP contribution in [0.15, 0.2) is 54.1 Å². The summed E-state index contributed by atoms with van der Waals surface area (Å²) < 4.78 is 2.10. The molecule has 30 heavy (non-hydrogen) atoms. The number of nitrogens with zero attached hydrogens (tertiary/aromatic N) is 2. The smallest absolute Gasteiger partial charge is 0.266 e. The summed E-state index contributed by atoms with van der Waals surface area (Å²) in [4.78, 5) is 12.6. The van der Waals surface area contributed by atoms with Gasteiger partial charge in [-0.3, -0.25) is 4.79 Å². The van der Waals surface area contributed by atoms with Crippen LogP contribution < -0.4 is 5.32 Å². The molecule has 6 heteroatoms. The van der Waals surface area contributed by atoms with E-state index in [0.717, 1.165) is 29.1 Å². The van der Waals surface area contributed by atoms with Crippen LogP contribution in [-0.4, -0.2) is 10.5 Å². The summed E-state index contributed by atoms with van der Waals surface area (Å²) in [5.41, 5.74) is 5.40. The minimum Gasteiger partial charge on any atom is -0.320 e. The zero-order valence-corrected chi connectivity index (χ0v) is 18.5. The van der Waals surface area contributed by atoms with Crippen molar-refractivity contribution in [2.45, 2.75) is 27.2 Å². The fraction of sp³-hybridized carbons (Fsp3) is 0.167. The molecule has 0 aliphatic heterocycles. The van der Waals surface area contributed by atoms with Crippen LogP contribution in [0.5, 0.6) is 0 Å². The number of rotatable bonds is 5. The number of benzene rings is 2. The molecule has 0 fully saturated rings. The highest BCUT2D eigenvalue weighted by atomic mass is 35.5. The van der Waals surface area contributed by atoms with Crippen LogP contribution in [0, 0.1) is 25.2 Å². The van der Waals surface area contributed by atoms with Crippen molar-refractivity contribution in [3.05, 3.63) is 86.7 Å². The molecule has 0 aliphatic carbocycles. The van der Waals surface area contributed by atoms with Gasteiger partial charge in [0, 0.05) is 17.1 Å². The third-order valence-corrected chi connectivity index (χ3v) is 5.76. The quantitative estimate of drug-likeness (QED) is 0.365. The summed E-state index contributed by atoms with van der Waals surface area (Å²) in [6.45, 7) is 6.08. The van der Waals surface area contributed by atoms with Crippen LogP contribution in [0.1, 0.15) is 29.4 Å². The zero-order chi connectivity index (χ0) is 21.8. The van der Waals surface area contributed by atoms with E-state index in [1.54, 1.807) is 24.3 Å². The van der Waals surface area contributed by atoms with Crippen molar-refractivity contribution in [2.24, 2.45) is 0 Å². The molecule has 1 amide bonds. The van der Waals surface area contributed by atoms with E-state index in [9.17, 15) is 10.1 Å². The average molecular weight is 438 g/mol. The molecule has 0 spiro atoms. The van der Waals surface area contributed by atoms with E-state index in [0.29, 0.717) is 10.7 Å². The minimum absolute atomic E-state index is 0.0207. The van der Waals surface area contributed by atoms with Crippen molar-refractivity contribution >= 4 is 40.9 Å². The van der Waals surface area contributed by atoms with Gasteiger partial charge in [0.2, 0.25) is 0 Å². The second-order valence-electron chi connectivity index (χ2n) is 6.91. The second kappa shape index (κ2) is 9.21. The zero-order valence-electron chi connectivity index (χ0n) is 17.0. The molecular formula is C24H21Cl2N3O. The van der Waals surface area contributed by atoms with Gasteiger partial charge in [0.15, 0.2) is 0 Å². The summed E-state index contributed by atoms with van der Waals surface area (Å²) in [7, 11) is 0. The first-order valence-corrected chi connectivity index (χ1v) is 10.3. The van der Waals surface area contributed by atoms with Gasteiger partial charge < -0.3 is 9.88 Å². The van der Waals surface area contributed by atoms with Gasteiger partial charge in [0.25, 0.3) is 5.91 Å². The number of halogens is 2. The maximum atomic E-state index is 12.6. The van der Waals surface area contributed by atoms with Gasteiger partial charge in [0.05, 0.1) is 15.7 Å². The molecule has 0 saturated carbocycles. The Labute approximate surface area is 186 Å². The molecule has 4 nitrogen and oxygen atoms in total. The lowest BCUT2D eigenvalue weighted by molar-refractivity contribution is -0.112. The van der Waals surface area contributed by atoms with Gasteiger partial charge in [-0.05, 0) is 67.8 Å². The molecule has 2 aromatic carbocycles. The van der Waals surface area contributed by atoms with Crippen molar-refractivity contribution < 1.29 is 4.79 Å². The third kappa shape index (κ3) is 4.43. The Morgan fingerprint density at radius 2 is 1.87 bits per heavy atom. The minimum atomic E-state index is -0.543. The predicted molar refractivity (Wildman–Crippen MR) is 123 cm³/mol. The van der Waals surface area contributed by atoms with E-state index < -0.39 is 5.91 Å². The average Bonchev–Trinajstić information content (AvgIpc) is 3.02. The van der Waals surface area contributed by atoms with E-state index in [-0.39, 0.29) is 10.6 Å². The van der Waals surface area contributed by atoms with Gasteiger partial charge in [-0.15, -0.1) is 0 Å². The van der Waals surface area contributed by atoms with Crippen LogP contribution in [-0.2, 0) is 11.2 Å².